The molecule has 262 valence electrons. The zero-order valence-corrected chi connectivity index (χ0v) is 27.8. The standard InChI is InChI=1S/C30H46N6O11/c1-23(2)35(22-30(41)47-25-8-6-24(7-9-25)36(42)43)26(37)18-31-10-12-32(19-27(38)44-3)14-16-34(21-29(40)46-5)17-15-33(13-11-31)20-28(39)45-4/h6-9,23H,10-22H2,1-5H3. The van der Waals surface area contributed by atoms with Gasteiger partial charge in [-0.1, -0.05) is 0 Å². The summed E-state index contributed by atoms with van der Waals surface area (Å²) in [6.45, 7) is 6.35. The molecule has 1 heterocycles. The van der Waals surface area contributed by atoms with Gasteiger partial charge in [0, 0.05) is 70.5 Å². The lowest BCUT2D eigenvalue weighted by Crippen LogP contribution is -2.51. The molecule has 0 bridgehead atoms. The summed E-state index contributed by atoms with van der Waals surface area (Å²) < 4.78 is 19.9. The highest BCUT2D eigenvalue weighted by Crippen LogP contribution is 2.17. The van der Waals surface area contributed by atoms with Crippen molar-refractivity contribution >= 4 is 35.5 Å². The van der Waals surface area contributed by atoms with Gasteiger partial charge in [0.15, 0.2) is 0 Å². The first kappa shape index (κ1) is 39.0. The molecule has 47 heavy (non-hydrogen) atoms. The maximum Gasteiger partial charge on any atom is 0.331 e. The number of benzene rings is 1. The second kappa shape index (κ2) is 20.1. The van der Waals surface area contributed by atoms with Crippen molar-refractivity contribution in [3.63, 3.8) is 0 Å². The Morgan fingerprint density at radius 2 is 1.04 bits per heavy atom. The van der Waals surface area contributed by atoms with Crippen LogP contribution in [0.25, 0.3) is 0 Å². The van der Waals surface area contributed by atoms with E-state index in [4.69, 9.17) is 18.9 Å². The maximum absolute atomic E-state index is 13.6. The second-order valence-electron chi connectivity index (χ2n) is 11.2. The molecule has 1 amide bonds. The largest absolute Gasteiger partial charge is 0.468 e. The molecule has 1 aliphatic rings. The summed E-state index contributed by atoms with van der Waals surface area (Å²) >= 11 is 0. The normalized spacial score (nSPS) is 16.0. The summed E-state index contributed by atoms with van der Waals surface area (Å²) in [5.41, 5.74) is -0.149. The molecule has 1 aliphatic heterocycles. The van der Waals surface area contributed by atoms with Gasteiger partial charge in [0.05, 0.1) is 52.4 Å². The average Bonchev–Trinajstić information content (AvgIpc) is 3.04. The molecule has 0 aromatic heterocycles. The van der Waals surface area contributed by atoms with E-state index in [1.165, 1.54) is 50.5 Å². The Labute approximate surface area is 274 Å². The summed E-state index contributed by atoms with van der Waals surface area (Å²) in [7, 11) is 3.91. The zero-order valence-electron chi connectivity index (χ0n) is 27.8. The lowest BCUT2D eigenvalue weighted by Gasteiger charge is -2.34. The molecule has 1 fully saturated rings. The van der Waals surface area contributed by atoms with Crippen LogP contribution in [0.1, 0.15) is 13.8 Å². The van der Waals surface area contributed by atoms with Crippen molar-refractivity contribution in [1.29, 1.82) is 0 Å². The summed E-state index contributed by atoms with van der Waals surface area (Å²) in [6.07, 6.45) is 0. The Balaban J connectivity index is 2.20. The van der Waals surface area contributed by atoms with Gasteiger partial charge in [-0.25, -0.2) is 4.79 Å². The highest BCUT2D eigenvalue weighted by atomic mass is 16.6. The molecule has 0 saturated carbocycles. The smallest absolute Gasteiger partial charge is 0.331 e. The van der Waals surface area contributed by atoms with Gasteiger partial charge in [0.2, 0.25) is 5.91 Å². The van der Waals surface area contributed by atoms with Crippen molar-refractivity contribution in [3.05, 3.63) is 34.4 Å². The van der Waals surface area contributed by atoms with E-state index in [0.717, 1.165) is 0 Å². The van der Waals surface area contributed by atoms with Crippen molar-refractivity contribution in [2.75, 3.05) is 106 Å². The molecule has 0 radical (unpaired) electrons. The third kappa shape index (κ3) is 14.4. The average molecular weight is 667 g/mol. The fourth-order valence-electron chi connectivity index (χ4n) is 4.73. The number of non-ortho nitro benzene ring substituents is 1. The highest BCUT2D eigenvalue weighted by molar-refractivity contribution is 5.84. The number of carbonyl (C=O) groups excluding carboxylic acids is 5. The summed E-state index contributed by atoms with van der Waals surface area (Å²) in [5.74, 6) is -2.20. The first-order valence-corrected chi connectivity index (χ1v) is 15.2. The maximum atomic E-state index is 13.6. The van der Waals surface area contributed by atoms with Gasteiger partial charge in [-0.3, -0.25) is 48.9 Å². The number of hydrogen-bond donors (Lipinski definition) is 0. The number of rotatable bonds is 13. The van der Waals surface area contributed by atoms with Crippen LogP contribution in [0.3, 0.4) is 0 Å². The quantitative estimate of drug-likeness (QED) is 0.0861. The lowest BCUT2D eigenvalue weighted by molar-refractivity contribution is -0.384. The van der Waals surface area contributed by atoms with Crippen molar-refractivity contribution in [2.45, 2.75) is 19.9 Å². The zero-order chi connectivity index (χ0) is 34.9. The number of carbonyl (C=O) groups is 5. The van der Waals surface area contributed by atoms with E-state index in [9.17, 15) is 34.1 Å². The van der Waals surface area contributed by atoms with Crippen LogP contribution >= 0.6 is 0 Å². The van der Waals surface area contributed by atoms with Crippen molar-refractivity contribution < 1.29 is 47.8 Å². The van der Waals surface area contributed by atoms with E-state index in [0.29, 0.717) is 52.4 Å². The molecule has 2 rings (SSSR count). The molecule has 17 nitrogen and oxygen atoms in total. The van der Waals surface area contributed by atoms with E-state index >= 15 is 0 Å². The van der Waals surface area contributed by atoms with E-state index in [2.05, 4.69) is 0 Å². The monoisotopic (exact) mass is 666 g/mol. The minimum Gasteiger partial charge on any atom is -0.468 e. The first-order chi connectivity index (χ1) is 22.3. The summed E-state index contributed by atoms with van der Waals surface area (Å²) in [4.78, 5) is 82.1. The van der Waals surface area contributed by atoms with Crippen LogP contribution in [0, 0.1) is 10.1 Å². The van der Waals surface area contributed by atoms with Gasteiger partial charge in [-0.05, 0) is 26.0 Å². The van der Waals surface area contributed by atoms with Crippen molar-refractivity contribution in [3.8, 4) is 5.75 Å². The van der Waals surface area contributed by atoms with E-state index in [1.54, 1.807) is 13.8 Å². The number of nitro groups is 1. The molecule has 1 aromatic carbocycles. The SMILES string of the molecule is COC(=O)CN1CCN(CC(=O)OC)CCN(CC(=O)N(CC(=O)Oc2ccc([N+](=O)[O-])cc2)C(C)C)CCN(CC(=O)OC)CC1. The number of nitrogens with zero attached hydrogens (tertiary/aromatic N) is 6. The molecule has 0 N–H and O–H groups in total. The minimum absolute atomic E-state index is 0.00538. The van der Waals surface area contributed by atoms with Gasteiger partial charge >= 0.3 is 23.9 Å². The first-order valence-electron chi connectivity index (χ1n) is 15.2. The number of esters is 4. The molecule has 1 aromatic rings. The molecule has 0 atom stereocenters. The summed E-state index contributed by atoms with van der Waals surface area (Å²) in [6, 6.07) is 4.70. The van der Waals surface area contributed by atoms with Crippen LogP contribution in [0.5, 0.6) is 5.75 Å². The minimum atomic E-state index is -0.709. The Morgan fingerprint density at radius 3 is 1.36 bits per heavy atom. The Kier molecular flexibility index (Phi) is 16.7. The predicted molar refractivity (Wildman–Crippen MR) is 167 cm³/mol. The van der Waals surface area contributed by atoms with Gasteiger partial charge in [0.1, 0.15) is 12.3 Å². The Bertz CT molecular complexity index is 1180. The van der Waals surface area contributed by atoms with Crippen LogP contribution in [0.4, 0.5) is 5.69 Å². The number of amides is 1. The molecule has 17 heteroatoms. The molecule has 0 aliphatic carbocycles. The molecule has 0 spiro atoms. The number of ether oxygens (including phenoxy) is 4. The van der Waals surface area contributed by atoms with Crippen LogP contribution < -0.4 is 4.74 Å². The molecule has 0 unspecified atom stereocenters. The Morgan fingerprint density at radius 1 is 0.681 bits per heavy atom. The van der Waals surface area contributed by atoms with Crippen molar-refractivity contribution in [1.82, 2.24) is 24.5 Å². The lowest BCUT2D eigenvalue weighted by atomic mass is 10.2. The highest BCUT2D eigenvalue weighted by Gasteiger charge is 2.26. The van der Waals surface area contributed by atoms with Gasteiger partial charge < -0.3 is 23.8 Å². The van der Waals surface area contributed by atoms with Gasteiger partial charge in [-0.15, -0.1) is 0 Å². The second-order valence-corrected chi connectivity index (χ2v) is 11.2. The molecular formula is C30H46N6O11. The number of hydrogen-bond acceptors (Lipinski definition) is 15. The number of methoxy groups -OCH3 is 3. The topological polar surface area (TPSA) is 182 Å². The van der Waals surface area contributed by atoms with E-state index < -0.39 is 28.8 Å². The third-order valence-corrected chi connectivity index (χ3v) is 7.55. The van der Waals surface area contributed by atoms with Crippen LogP contribution in [-0.4, -0.2) is 172 Å². The fraction of sp³-hybridized carbons (Fsp3) is 0.633. The Hall–Kier alpha value is -4.19. The third-order valence-electron chi connectivity index (χ3n) is 7.55. The van der Waals surface area contributed by atoms with Crippen molar-refractivity contribution in [2.24, 2.45) is 0 Å². The van der Waals surface area contributed by atoms with Crippen LogP contribution in [0.15, 0.2) is 24.3 Å². The van der Waals surface area contributed by atoms with E-state index in [-0.39, 0.29) is 56.1 Å². The number of nitro benzene ring substituents is 1. The van der Waals surface area contributed by atoms with Gasteiger partial charge in [0.25, 0.3) is 5.69 Å². The van der Waals surface area contributed by atoms with Crippen LogP contribution in [-0.2, 0) is 38.2 Å². The molecule has 1 saturated heterocycles. The van der Waals surface area contributed by atoms with Crippen LogP contribution in [0.2, 0.25) is 0 Å². The van der Waals surface area contributed by atoms with Gasteiger partial charge in [-0.2, -0.15) is 0 Å². The predicted octanol–water partition coefficient (Wildman–Crippen LogP) is -0.522. The summed E-state index contributed by atoms with van der Waals surface area (Å²) in [5, 5.41) is 10.9. The van der Waals surface area contributed by atoms with E-state index in [1.807, 2.05) is 19.6 Å². The fourth-order valence-corrected chi connectivity index (χ4v) is 4.73. The molecular weight excluding hydrogens is 620 g/mol.